The van der Waals surface area contributed by atoms with Crippen LogP contribution in [0, 0.1) is 5.92 Å². The summed E-state index contributed by atoms with van der Waals surface area (Å²) in [6.45, 7) is 4.56. The highest BCUT2D eigenvalue weighted by atomic mass is 14.7. The average molecular weight is 289 g/mol. The largest absolute Gasteiger partial charge is 0.260 e. The van der Waals surface area contributed by atoms with Crippen LogP contribution in [-0.4, -0.2) is 4.98 Å². The lowest BCUT2D eigenvalue weighted by Crippen LogP contribution is -1.95. The van der Waals surface area contributed by atoms with Crippen molar-refractivity contribution in [3.8, 4) is 0 Å². The van der Waals surface area contributed by atoms with Gasteiger partial charge in [0.2, 0.25) is 0 Å². The minimum atomic E-state index is 0.763. The van der Waals surface area contributed by atoms with Gasteiger partial charge in [-0.05, 0) is 41.3 Å². The molecule has 0 aliphatic carbocycles. The predicted molar refractivity (Wildman–Crippen MR) is 94.2 cm³/mol. The van der Waals surface area contributed by atoms with Crippen LogP contribution in [0.4, 0.5) is 0 Å². The molecule has 0 N–H and O–H groups in total. The Bertz CT molecular complexity index is 736. The standard InChI is InChI=1S/C21H23N/c1-16(2)7-8-17-9-11-18(12-10-17)15-21-20-6-4-3-5-19(20)13-14-22-21/h3-6,9-14,16H,7-8,15H2,1-2H3. The van der Waals surface area contributed by atoms with Crippen molar-refractivity contribution in [2.75, 3.05) is 0 Å². The lowest BCUT2D eigenvalue weighted by Gasteiger charge is -2.08. The van der Waals surface area contributed by atoms with Gasteiger partial charge in [0.25, 0.3) is 0 Å². The second-order valence-electron chi connectivity index (χ2n) is 6.40. The molecular weight excluding hydrogens is 266 g/mol. The summed E-state index contributed by atoms with van der Waals surface area (Å²) >= 11 is 0. The number of aryl methyl sites for hydroxylation is 1. The molecule has 3 rings (SSSR count). The van der Waals surface area contributed by atoms with E-state index in [0.717, 1.165) is 18.0 Å². The minimum absolute atomic E-state index is 0.763. The molecule has 0 aliphatic rings. The van der Waals surface area contributed by atoms with Crippen LogP contribution in [0.25, 0.3) is 10.8 Å². The van der Waals surface area contributed by atoms with Gasteiger partial charge in [-0.1, -0.05) is 62.4 Å². The molecule has 1 heteroatoms. The molecule has 0 spiro atoms. The molecule has 1 heterocycles. The van der Waals surface area contributed by atoms with Crippen LogP contribution >= 0.6 is 0 Å². The summed E-state index contributed by atoms with van der Waals surface area (Å²) in [5.74, 6) is 0.763. The van der Waals surface area contributed by atoms with E-state index < -0.39 is 0 Å². The monoisotopic (exact) mass is 289 g/mol. The molecule has 1 aromatic heterocycles. The van der Waals surface area contributed by atoms with Crippen LogP contribution in [0.3, 0.4) is 0 Å². The van der Waals surface area contributed by atoms with Gasteiger partial charge in [-0.2, -0.15) is 0 Å². The molecule has 1 nitrogen and oxygen atoms in total. The quantitative estimate of drug-likeness (QED) is 0.611. The van der Waals surface area contributed by atoms with E-state index in [4.69, 9.17) is 0 Å². The van der Waals surface area contributed by atoms with Crippen molar-refractivity contribution in [2.24, 2.45) is 5.92 Å². The van der Waals surface area contributed by atoms with Crippen molar-refractivity contribution in [1.29, 1.82) is 0 Å². The molecule has 0 saturated carbocycles. The third-order valence-electron chi connectivity index (χ3n) is 4.16. The molecule has 3 aromatic rings. The lowest BCUT2D eigenvalue weighted by molar-refractivity contribution is 0.586. The summed E-state index contributed by atoms with van der Waals surface area (Å²) in [6.07, 6.45) is 5.23. The van der Waals surface area contributed by atoms with Gasteiger partial charge in [-0.15, -0.1) is 0 Å². The Morgan fingerprint density at radius 3 is 2.36 bits per heavy atom. The van der Waals surface area contributed by atoms with Crippen LogP contribution in [0.15, 0.2) is 60.8 Å². The number of hydrogen-bond acceptors (Lipinski definition) is 1. The predicted octanol–water partition coefficient (Wildman–Crippen LogP) is 5.41. The van der Waals surface area contributed by atoms with Gasteiger partial charge < -0.3 is 0 Å². The first-order chi connectivity index (χ1) is 10.7. The maximum absolute atomic E-state index is 4.58. The Morgan fingerprint density at radius 2 is 1.59 bits per heavy atom. The van der Waals surface area contributed by atoms with Crippen LogP contribution < -0.4 is 0 Å². The molecule has 0 aliphatic heterocycles. The third-order valence-corrected chi connectivity index (χ3v) is 4.16. The van der Waals surface area contributed by atoms with E-state index in [2.05, 4.69) is 73.4 Å². The summed E-state index contributed by atoms with van der Waals surface area (Å²) < 4.78 is 0. The summed E-state index contributed by atoms with van der Waals surface area (Å²) in [7, 11) is 0. The lowest BCUT2D eigenvalue weighted by atomic mass is 9.99. The number of aromatic nitrogens is 1. The summed E-state index contributed by atoms with van der Waals surface area (Å²) in [4.78, 5) is 4.58. The maximum atomic E-state index is 4.58. The summed E-state index contributed by atoms with van der Waals surface area (Å²) in [5.41, 5.74) is 3.92. The number of pyridine rings is 1. The normalized spacial score (nSPS) is 11.2. The van der Waals surface area contributed by atoms with Crippen molar-refractivity contribution in [3.63, 3.8) is 0 Å². The second kappa shape index (κ2) is 6.74. The van der Waals surface area contributed by atoms with E-state index in [-0.39, 0.29) is 0 Å². The number of hydrogen-bond donors (Lipinski definition) is 0. The third kappa shape index (κ3) is 3.54. The zero-order valence-electron chi connectivity index (χ0n) is 13.4. The first kappa shape index (κ1) is 14.8. The Morgan fingerprint density at radius 1 is 0.864 bits per heavy atom. The molecule has 2 aromatic carbocycles. The van der Waals surface area contributed by atoms with Crippen molar-refractivity contribution in [1.82, 2.24) is 4.98 Å². The highest BCUT2D eigenvalue weighted by molar-refractivity contribution is 5.84. The van der Waals surface area contributed by atoms with Gasteiger partial charge in [0.1, 0.15) is 0 Å². The Labute approximate surface area is 133 Å². The van der Waals surface area contributed by atoms with Crippen LogP contribution in [-0.2, 0) is 12.8 Å². The second-order valence-corrected chi connectivity index (χ2v) is 6.40. The maximum Gasteiger partial charge on any atom is 0.0525 e. The molecular formula is C21H23N. The molecule has 0 fully saturated rings. The van der Waals surface area contributed by atoms with Crippen molar-refractivity contribution < 1.29 is 0 Å². The number of benzene rings is 2. The molecule has 22 heavy (non-hydrogen) atoms. The Hall–Kier alpha value is -2.15. The Kier molecular flexibility index (Phi) is 4.53. The van der Waals surface area contributed by atoms with Gasteiger partial charge in [0, 0.05) is 18.0 Å². The smallest absolute Gasteiger partial charge is 0.0525 e. The fourth-order valence-electron chi connectivity index (χ4n) is 2.80. The van der Waals surface area contributed by atoms with E-state index in [0.29, 0.717) is 0 Å². The minimum Gasteiger partial charge on any atom is -0.260 e. The van der Waals surface area contributed by atoms with Gasteiger partial charge >= 0.3 is 0 Å². The van der Waals surface area contributed by atoms with Crippen molar-refractivity contribution >= 4 is 10.8 Å². The average Bonchev–Trinajstić information content (AvgIpc) is 2.54. The zero-order chi connectivity index (χ0) is 15.4. The molecule has 0 amide bonds. The summed E-state index contributed by atoms with van der Waals surface area (Å²) in [5, 5.41) is 2.52. The van der Waals surface area contributed by atoms with Crippen LogP contribution in [0.5, 0.6) is 0 Å². The topological polar surface area (TPSA) is 12.9 Å². The zero-order valence-corrected chi connectivity index (χ0v) is 13.4. The van der Waals surface area contributed by atoms with Gasteiger partial charge in [-0.3, -0.25) is 4.98 Å². The molecule has 0 atom stereocenters. The van der Waals surface area contributed by atoms with Gasteiger partial charge in [-0.25, -0.2) is 0 Å². The van der Waals surface area contributed by atoms with E-state index in [9.17, 15) is 0 Å². The van der Waals surface area contributed by atoms with Crippen molar-refractivity contribution in [2.45, 2.75) is 33.1 Å². The highest BCUT2D eigenvalue weighted by Gasteiger charge is 2.04. The summed E-state index contributed by atoms with van der Waals surface area (Å²) in [6, 6.07) is 19.6. The van der Waals surface area contributed by atoms with Gasteiger partial charge in [0.05, 0.1) is 5.69 Å². The van der Waals surface area contributed by atoms with E-state index in [1.807, 2.05) is 6.20 Å². The molecule has 0 saturated heterocycles. The van der Waals surface area contributed by atoms with Gasteiger partial charge in [0.15, 0.2) is 0 Å². The van der Waals surface area contributed by atoms with Crippen molar-refractivity contribution in [3.05, 3.63) is 77.6 Å². The van der Waals surface area contributed by atoms with Crippen LogP contribution in [0.1, 0.15) is 37.1 Å². The number of fused-ring (bicyclic) bond motifs is 1. The molecule has 0 unspecified atom stereocenters. The number of rotatable bonds is 5. The molecule has 0 bridgehead atoms. The van der Waals surface area contributed by atoms with E-state index in [1.54, 1.807) is 0 Å². The fourth-order valence-corrected chi connectivity index (χ4v) is 2.80. The van der Waals surface area contributed by atoms with E-state index >= 15 is 0 Å². The fraction of sp³-hybridized carbons (Fsp3) is 0.286. The van der Waals surface area contributed by atoms with E-state index in [1.165, 1.54) is 34.7 Å². The first-order valence-electron chi connectivity index (χ1n) is 8.13. The molecule has 112 valence electrons. The Balaban J connectivity index is 1.77. The first-order valence-corrected chi connectivity index (χ1v) is 8.13. The number of nitrogens with zero attached hydrogens (tertiary/aromatic N) is 1. The highest BCUT2D eigenvalue weighted by Crippen LogP contribution is 2.19. The SMILES string of the molecule is CC(C)CCc1ccc(Cc2nccc3ccccc23)cc1. The molecule has 0 radical (unpaired) electrons. The van der Waals surface area contributed by atoms with Crippen LogP contribution in [0.2, 0.25) is 0 Å².